The number of amides is 2. The molecule has 2 amide bonds. The molecule has 0 N–H and O–H groups in total. The third kappa shape index (κ3) is 4.77. The summed E-state index contributed by atoms with van der Waals surface area (Å²) in [5.41, 5.74) is 0.996. The molecule has 0 spiro atoms. The molecule has 1 saturated heterocycles. The van der Waals surface area contributed by atoms with E-state index < -0.39 is 0 Å². The van der Waals surface area contributed by atoms with Crippen molar-refractivity contribution in [2.24, 2.45) is 5.92 Å². The minimum absolute atomic E-state index is 0.141. The van der Waals surface area contributed by atoms with E-state index in [4.69, 9.17) is 4.74 Å². The molecule has 5 heteroatoms. The zero-order valence-corrected chi connectivity index (χ0v) is 15.8. The normalized spacial score (nSPS) is 19.1. The number of rotatable bonds is 4. The van der Waals surface area contributed by atoms with Gasteiger partial charge >= 0.3 is 0 Å². The highest BCUT2D eigenvalue weighted by atomic mass is 16.5. The van der Waals surface area contributed by atoms with Crippen LogP contribution in [-0.2, 0) is 16.0 Å². The first-order chi connectivity index (χ1) is 12.7. The maximum Gasteiger partial charge on any atom is 0.227 e. The predicted octanol–water partition coefficient (Wildman–Crippen LogP) is 2.88. The maximum atomic E-state index is 12.7. The Morgan fingerprint density at radius 1 is 0.923 bits per heavy atom. The molecule has 0 radical (unpaired) electrons. The Balaban J connectivity index is 1.52. The van der Waals surface area contributed by atoms with Crippen molar-refractivity contribution in [2.45, 2.75) is 44.9 Å². The van der Waals surface area contributed by atoms with E-state index in [2.05, 4.69) is 0 Å². The molecular weight excluding hydrogens is 328 g/mol. The molecule has 0 aromatic heterocycles. The largest absolute Gasteiger partial charge is 0.497 e. The van der Waals surface area contributed by atoms with Crippen LogP contribution in [0.25, 0.3) is 0 Å². The van der Waals surface area contributed by atoms with Crippen molar-refractivity contribution < 1.29 is 14.3 Å². The minimum Gasteiger partial charge on any atom is -0.497 e. The van der Waals surface area contributed by atoms with Crippen molar-refractivity contribution in [3.05, 3.63) is 29.8 Å². The first-order valence-electron chi connectivity index (χ1n) is 9.87. The summed E-state index contributed by atoms with van der Waals surface area (Å²) in [5, 5.41) is 0. The quantitative estimate of drug-likeness (QED) is 0.832. The third-order valence-corrected chi connectivity index (χ3v) is 5.63. The van der Waals surface area contributed by atoms with E-state index >= 15 is 0 Å². The zero-order chi connectivity index (χ0) is 18.4. The second kappa shape index (κ2) is 9.06. The third-order valence-electron chi connectivity index (χ3n) is 5.63. The van der Waals surface area contributed by atoms with E-state index in [9.17, 15) is 9.59 Å². The number of benzene rings is 1. The monoisotopic (exact) mass is 358 g/mol. The summed E-state index contributed by atoms with van der Waals surface area (Å²) in [7, 11) is 1.64. The van der Waals surface area contributed by atoms with Crippen LogP contribution >= 0.6 is 0 Å². The molecular formula is C21H30N2O3. The number of carbonyl (C=O) groups excluding carboxylic acids is 2. The number of carbonyl (C=O) groups is 2. The highest BCUT2D eigenvalue weighted by molar-refractivity contribution is 5.80. The predicted molar refractivity (Wildman–Crippen MR) is 101 cm³/mol. The molecule has 26 heavy (non-hydrogen) atoms. The van der Waals surface area contributed by atoms with Gasteiger partial charge in [-0.05, 0) is 37.0 Å². The molecule has 1 aromatic rings. The van der Waals surface area contributed by atoms with Gasteiger partial charge < -0.3 is 14.5 Å². The van der Waals surface area contributed by atoms with E-state index in [0.29, 0.717) is 25.4 Å². The van der Waals surface area contributed by atoms with Crippen molar-refractivity contribution in [1.82, 2.24) is 9.80 Å². The van der Waals surface area contributed by atoms with Gasteiger partial charge in [0.05, 0.1) is 13.5 Å². The standard InChI is InChI=1S/C21H30N2O3/c1-26-19-10-8-17(9-11-19)16-20(24)22-12-5-13-23(15-14-22)21(25)18-6-3-2-4-7-18/h8-11,18H,2-7,12-16H2,1H3. The Kier molecular flexibility index (Phi) is 6.53. The topological polar surface area (TPSA) is 49.9 Å². The number of methoxy groups -OCH3 is 1. The molecule has 1 saturated carbocycles. The summed E-state index contributed by atoms with van der Waals surface area (Å²) in [5.74, 6) is 1.47. The summed E-state index contributed by atoms with van der Waals surface area (Å²) in [4.78, 5) is 29.3. The molecule has 1 heterocycles. The summed E-state index contributed by atoms with van der Waals surface area (Å²) in [6, 6.07) is 7.64. The van der Waals surface area contributed by atoms with Gasteiger partial charge in [-0.2, -0.15) is 0 Å². The van der Waals surface area contributed by atoms with Gasteiger partial charge in [0.25, 0.3) is 0 Å². The number of ether oxygens (including phenoxy) is 1. The summed E-state index contributed by atoms with van der Waals surface area (Å²) in [6.07, 6.45) is 6.96. The van der Waals surface area contributed by atoms with Crippen LogP contribution in [0.3, 0.4) is 0 Å². The fourth-order valence-corrected chi connectivity index (χ4v) is 4.02. The Bertz CT molecular complexity index is 608. The van der Waals surface area contributed by atoms with Gasteiger partial charge in [-0.1, -0.05) is 31.4 Å². The number of nitrogens with zero attached hydrogens (tertiary/aromatic N) is 2. The van der Waals surface area contributed by atoms with Crippen molar-refractivity contribution in [1.29, 1.82) is 0 Å². The van der Waals surface area contributed by atoms with Crippen LogP contribution in [0.1, 0.15) is 44.1 Å². The molecule has 142 valence electrons. The van der Waals surface area contributed by atoms with Crippen LogP contribution in [-0.4, -0.2) is 54.9 Å². The molecule has 3 rings (SSSR count). The van der Waals surface area contributed by atoms with Crippen molar-refractivity contribution in [2.75, 3.05) is 33.3 Å². The second-order valence-electron chi connectivity index (χ2n) is 7.42. The zero-order valence-electron chi connectivity index (χ0n) is 15.8. The van der Waals surface area contributed by atoms with Crippen LogP contribution in [0.2, 0.25) is 0 Å². The van der Waals surface area contributed by atoms with Gasteiger partial charge in [-0.25, -0.2) is 0 Å². The maximum absolute atomic E-state index is 12.7. The fourth-order valence-electron chi connectivity index (χ4n) is 4.02. The smallest absolute Gasteiger partial charge is 0.227 e. The van der Waals surface area contributed by atoms with E-state index in [1.54, 1.807) is 7.11 Å². The van der Waals surface area contributed by atoms with Gasteiger partial charge in [-0.15, -0.1) is 0 Å². The molecule has 1 aliphatic carbocycles. The molecule has 0 bridgehead atoms. The number of hydrogen-bond acceptors (Lipinski definition) is 3. The fraction of sp³-hybridized carbons (Fsp3) is 0.619. The number of hydrogen-bond donors (Lipinski definition) is 0. The Morgan fingerprint density at radius 2 is 1.58 bits per heavy atom. The summed E-state index contributed by atoms with van der Waals surface area (Å²) in [6.45, 7) is 2.84. The summed E-state index contributed by atoms with van der Waals surface area (Å²) < 4.78 is 5.16. The van der Waals surface area contributed by atoms with E-state index in [-0.39, 0.29) is 11.8 Å². The molecule has 5 nitrogen and oxygen atoms in total. The second-order valence-corrected chi connectivity index (χ2v) is 7.42. The first kappa shape index (κ1) is 18.7. The van der Waals surface area contributed by atoms with E-state index in [0.717, 1.165) is 43.7 Å². The molecule has 1 aromatic carbocycles. The molecule has 0 unspecified atom stereocenters. The van der Waals surface area contributed by atoms with Crippen molar-refractivity contribution >= 4 is 11.8 Å². The Morgan fingerprint density at radius 3 is 2.27 bits per heavy atom. The Labute approximate surface area is 156 Å². The van der Waals surface area contributed by atoms with Crippen LogP contribution in [0.4, 0.5) is 0 Å². The lowest BCUT2D eigenvalue weighted by Gasteiger charge is -2.28. The van der Waals surface area contributed by atoms with Crippen LogP contribution in [0, 0.1) is 5.92 Å². The van der Waals surface area contributed by atoms with E-state index in [1.807, 2.05) is 34.1 Å². The van der Waals surface area contributed by atoms with Crippen LogP contribution in [0.15, 0.2) is 24.3 Å². The molecule has 2 fully saturated rings. The molecule has 2 aliphatic rings. The average Bonchev–Trinajstić information content (AvgIpc) is 2.95. The summed E-state index contributed by atoms with van der Waals surface area (Å²) >= 11 is 0. The van der Waals surface area contributed by atoms with Gasteiger partial charge in [0.1, 0.15) is 5.75 Å². The van der Waals surface area contributed by atoms with Crippen LogP contribution in [0.5, 0.6) is 5.75 Å². The van der Waals surface area contributed by atoms with Gasteiger partial charge in [-0.3, -0.25) is 9.59 Å². The highest BCUT2D eigenvalue weighted by Crippen LogP contribution is 2.26. The molecule has 0 atom stereocenters. The lowest BCUT2D eigenvalue weighted by atomic mass is 9.88. The van der Waals surface area contributed by atoms with Gasteiger partial charge in [0.15, 0.2) is 0 Å². The van der Waals surface area contributed by atoms with Crippen molar-refractivity contribution in [3.63, 3.8) is 0 Å². The van der Waals surface area contributed by atoms with E-state index in [1.165, 1.54) is 19.3 Å². The lowest BCUT2D eigenvalue weighted by molar-refractivity contribution is -0.137. The van der Waals surface area contributed by atoms with Crippen LogP contribution < -0.4 is 4.74 Å². The average molecular weight is 358 g/mol. The first-order valence-corrected chi connectivity index (χ1v) is 9.87. The van der Waals surface area contributed by atoms with Gasteiger partial charge in [0, 0.05) is 32.1 Å². The van der Waals surface area contributed by atoms with Gasteiger partial charge in [0.2, 0.25) is 11.8 Å². The highest BCUT2D eigenvalue weighted by Gasteiger charge is 2.28. The minimum atomic E-state index is 0.141. The lowest BCUT2D eigenvalue weighted by Crippen LogP contribution is -2.40. The SMILES string of the molecule is COc1ccc(CC(=O)N2CCCN(C(=O)C3CCCCC3)CC2)cc1. The van der Waals surface area contributed by atoms with Crippen molar-refractivity contribution in [3.8, 4) is 5.75 Å². The Hall–Kier alpha value is -2.04. The molecule has 1 aliphatic heterocycles.